The predicted molar refractivity (Wildman–Crippen MR) is 253 cm³/mol. The first kappa shape index (κ1) is 44.8. The lowest BCUT2D eigenvalue weighted by Crippen LogP contribution is -2.35. The topological polar surface area (TPSA) is 36.9 Å². The van der Waals surface area contributed by atoms with Gasteiger partial charge in [0.25, 0.3) is 0 Å². The summed E-state index contributed by atoms with van der Waals surface area (Å²) < 4.78 is 0. The molecule has 0 aliphatic carbocycles. The second kappa shape index (κ2) is 21.2. The molecule has 0 N–H and O–H groups in total. The number of benzene rings is 8. The van der Waals surface area contributed by atoms with Crippen molar-refractivity contribution in [2.75, 3.05) is 0 Å². The molecular weight excluding hydrogens is 854 g/mol. The van der Waals surface area contributed by atoms with Crippen molar-refractivity contribution in [2.24, 2.45) is 0 Å². The van der Waals surface area contributed by atoms with Crippen molar-refractivity contribution in [1.29, 1.82) is 0 Å². The molecule has 8 aromatic carbocycles. The second-order valence-corrected chi connectivity index (χ2v) is 16.5. The minimum absolute atomic E-state index is 0.482. The average Bonchev–Trinajstić information content (AvgIpc) is 3.32. The monoisotopic (exact) mass is 896 g/mol. The van der Waals surface area contributed by atoms with E-state index in [-0.39, 0.29) is 0 Å². The van der Waals surface area contributed by atoms with Gasteiger partial charge in [0.1, 0.15) is 12.2 Å². The van der Waals surface area contributed by atoms with Gasteiger partial charge in [-0.3, -0.25) is 0 Å². The molecule has 8 heteroatoms. The molecular formula is C54H44Cl4O4. The van der Waals surface area contributed by atoms with Crippen LogP contribution in [0.4, 0.5) is 0 Å². The summed E-state index contributed by atoms with van der Waals surface area (Å²) in [6.45, 7) is 4.10. The Morgan fingerprint density at radius 2 is 0.597 bits per heavy atom. The van der Waals surface area contributed by atoms with Crippen molar-refractivity contribution in [3.8, 4) is 0 Å². The maximum Gasteiger partial charge on any atom is 0.151 e. The SMILES string of the molecule is CC(OOC(C)(c1ccccc1)c1ccccc1)(c1ccccc1)c1ccccc1.Clc1ccc(C(OOC(c2ccccc2)c2ccc(Cl)cc2Cl)c2ccccc2)c(Cl)c1. The van der Waals surface area contributed by atoms with Gasteiger partial charge in [-0.1, -0.05) is 241 Å². The van der Waals surface area contributed by atoms with Crippen LogP contribution in [0.3, 0.4) is 0 Å². The third-order valence-corrected chi connectivity index (χ3v) is 11.7. The van der Waals surface area contributed by atoms with Crippen LogP contribution in [0.2, 0.25) is 20.1 Å². The van der Waals surface area contributed by atoms with E-state index in [2.05, 4.69) is 48.5 Å². The second-order valence-electron chi connectivity index (χ2n) is 14.8. The standard InChI is InChI=1S/C28H26O2.C26H18Cl4O2/c1-27(23-15-7-3-8-16-23,24-17-9-4-10-18-24)29-30-28(2,25-19-11-5-12-20-25)26-21-13-6-14-22-26;27-19-11-13-21(23(29)15-19)25(17-7-3-1-4-8-17)31-32-26(18-9-5-2-6-10-18)22-14-12-20(28)16-24(22)30/h3-22H,1-2H3;1-16,25-26H. The van der Waals surface area contributed by atoms with Crippen molar-refractivity contribution < 1.29 is 19.6 Å². The minimum Gasteiger partial charge on any atom is -0.223 e. The molecule has 0 amide bonds. The minimum atomic E-state index is -0.770. The van der Waals surface area contributed by atoms with Gasteiger partial charge in [-0.15, -0.1) is 0 Å². The number of hydrogen-bond acceptors (Lipinski definition) is 4. The maximum atomic E-state index is 6.51. The van der Waals surface area contributed by atoms with Gasteiger partial charge < -0.3 is 0 Å². The third-order valence-electron chi connectivity index (χ3n) is 10.6. The quantitative estimate of drug-likeness (QED) is 0.0805. The predicted octanol–water partition coefficient (Wildman–Crippen LogP) is 16.0. The number of halogens is 4. The van der Waals surface area contributed by atoms with Gasteiger partial charge in [0.05, 0.1) is 0 Å². The third kappa shape index (κ3) is 10.9. The van der Waals surface area contributed by atoms with E-state index in [0.717, 1.165) is 44.5 Å². The summed E-state index contributed by atoms with van der Waals surface area (Å²) in [7, 11) is 0. The number of rotatable bonds is 14. The van der Waals surface area contributed by atoms with Crippen molar-refractivity contribution in [1.82, 2.24) is 0 Å². The lowest BCUT2D eigenvalue weighted by molar-refractivity contribution is -0.398. The van der Waals surface area contributed by atoms with Crippen LogP contribution in [0.1, 0.15) is 70.6 Å². The zero-order valence-corrected chi connectivity index (χ0v) is 37.1. The van der Waals surface area contributed by atoms with Gasteiger partial charge in [-0.05, 0) is 71.5 Å². The van der Waals surface area contributed by atoms with E-state index < -0.39 is 23.4 Å². The van der Waals surface area contributed by atoms with Gasteiger partial charge in [0.15, 0.2) is 11.2 Å². The van der Waals surface area contributed by atoms with Crippen LogP contribution in [-0.4, -0.2) is 0 Å². The van der Waals surface area contributed by atoms with E-state index >= 15 is 0 Å². The lowest BCUT2D eigenvalue weighted by Gasteiger charge is -2.36. The van der Waals surface area contributed by atoms with E-state index in [4.69, 9.17) is 66.0 Å². The first-order valence-electron chi connectivity index (χ1n) is 20.1. The molecule has 62 heavy (non-hydrogen) atoms. The molecule has 0 spiro atoms. The Labute approximate surface area is 384 Å². The highest BCUT2D eigenvalue weighted by molar-refractivity contribution is 6.35. The van der Waals surface area contributed by atoms with Crippen molar-refractivity contribution in [2.45, 2.75) is 37.3 Å². The molecule has 0 heterocycles. The highest BCUT2D eigenvalue weighted by Gasteiger charge is 2.38. The highest BCUT2D eigenvalue weighted by atomic mass is 35.5. The van der Waals surface area contributed by atoms with Crippen molar-refractivity contribution in [3.05, 3.63) is 283 Å². The van der Waals surface area contributed by atoms with Gasteiger partial charge >= 0.3 is 0 Å². The fourth-order valence-electron chi connectivity index (χ4n) is 7.09. The molecule has 0 radical (unpaired) electrons. The summed E-state index contributed by atoms with van der Waals surface area (Å²) in [4.78, 5) is 24.9. The van der Waals surface area contributed by atoms with Crippen LogP contribution in [0.25, 0.3) is 0 Å². The summed E-state index contributed by atoms with van der Waals surface area (Å²) in [5.74, 6) is 0. The summed E-state index contributed by atoms with van der Waals surface area (Å²) in [5.41, 5.74) is 5.79. The van der Waals surface area contributed by atoms with Gasteiger partial charge in [0.2, 0.25) is 0 Å². The van der Waals surface area contributed by atoms with Crippen molar-refractivity contribution >= 4 is 46.4 Å². The summed E-state index contributed by atoms with van der Waals surface area (Å²) >= 11 is 25.2. The van der Waals surface area contributed by atoms with Crippen LogP contribution in [-0.2, 0) is 30.8 Å². The molecule has 8 aromatic rings. The Morgan fingerprint density at radius 3 is 0.855 bits per heavy atom. The fourth-order valence-corrected chi connectivity index (χ4v) is 8.10. The Hall–Kier alpha value is -5.24. The van der Waals surface area contributed by atoms with Crippen LogP contribution < -0.4 is 0 Å². The molecule has 312 valence electrons. The van der Waals surface area contributed by atoms with Crippen molar-refractivity contribution in [3.63, 3.8) is 0 Å². The Balaban J connectivity index is 0.000000187. The zero-order chi connectivity index (χ0) is 43.4. The maximum absolute atomic E-state index is 6.51. The molecule has 8 rings (SSSR count). The average molecular weight is 899 g/mol. The van der Waals surface area contributed by atoms with E-state index in [0.29, 0.717) is 20.1 Å². The van der Waals surface area contributed by atoms with Crippen LogP contribution in [0, 0.1) is 0 Å². The molecule has 0 aliphatic rings. The number of hydrogen-bond donors (Lipinski definition) is 0. The Morgan fingerprint density at radius 1 is 0.339 bits per heavy atom. The van der Waals surface area contributed by atoms with Gasteiger partial charge in [-0.25, -0.2) is 19.6 Å². The normalized spacial score (nSPS) is 12.5. The smallest absolute Gasteiger partial charge is 0.151 e. The van der Waals surface area contributed by atoms with Crippen LogP contribution in [0.15, 0.2) is 218 Å². The molecule has 2 atom stereocenters. The zero-order valence-electron chi connectivity index (χ0n) is 34.1. The van der Waals surface area contributed by atoms with Crippen LogP contribution >= 0.6 is 46.4 Å². The molecule has 0 saturated heterocycles. The molecule has 0 aliphatic heterocycles. The van der Waals surface area contributed by atoms with E-state index in [1.807, 2.05) is 159 Å². The van der Waals surface area contributed by atoms with Gasteiger partial charge in [-0.2, -0.15) is 0 Å². The van der Waals surface area contributed by atoms with Crippen LogP contribution in [0.5, 0.6) is 0 Å². The fraction of sp³-hybridized carbons (Fsp3) is 0.111. The molecule has 4 nitrogen and oxygen atoms in total. The largest absolute Gasteiger partial charge is 0.223 e. The van der Waals surface area contributed by atoms with E-state index in [1.165, 1.54) is 0 Å². The first-order valence-corrected chi connectivity index (χ1v) is 21.6. The molecule has 0 aromatic heterocycles. The molecule has 0 fully saturated rings. The highest BCUT2D eigenvalue weighted by Crippen LogP contribution is 2.41. The Bertz CT molecular complexity index is 2340. The summed E-state index contributed by atoms with van der Waals surface area (Å²) in [6.07, 6.45) is -1.17. The van der Waals surface area contributed by atoms with Gasteiger partial charge in [0, 0.05) is 31.2 Å². The Kier molecular flexibility index (Phi) is 15.3. The molecule has 2 unspecified atom stereocenters. The van der Waals surface area contributed by atoms with E-state index in [9.17, 15) is 0 Å². The molecule has 0 bridgehead atoms. The summed E-state index contributed by atoms with van der Waals surface area (Å²) in [6, 6.07) is 70.7. The summed E-state index contributed by atoms with van der Waals surface area (Å²) in [5, 5.41) is 2.05. The lowest BCUT2D eigenvalue weighted by atomic mass is 9.87. The molecule has 0 saturated carbocycles. The first-order chi connectivity index (χ1) is 30.2. The van der Waals surface area contributed by atoms with E-state index in [1.54, 1.807) is 24.3 Å².